The van der Waals surface area contributed by atoms with Crippen LogP contribution in [0, 0.1) is 6.92 Å². The van der Waals surface area contributed by atoms with Crippen molar-refractivity contribution in [1.82, 2.24) is 4.98 Å². The van der Waals surface area contributed by atoms with Crippen LogP contribution in [-0.2, 0) is 28.7 Å². The van der Waals surface area contributed by atoms with Gasteiger partial charge in [-0.1, -0.05) is 12.1 Å². The molecule has 2 heterocycles. The monoisotopic (exact) mass is 477 g/mol. The Morgan fingerprint density at radius 1 is 1.12 bits per heavy atom. The number of ether oxygens (including phenoxy) is 2. The first kappa shape index (κ1) is 22.3. The molecule has 0 bridgehead atoms. The molecule has 4 rings (SSSR count). The summed E-state index contributed by atoms with van der Waals surface area (Å²) in [6.45, 7) is 2.15. The largest absolute Gasteiger partial charge is 0.488 e. The minimum atomic E-state index is -4.36. The summed E-state index contributed by atoms with van der Waals surface area (Å²) in [6, 6.07) is 10.7. The SMILES string of the molecule is COC(=O)Cc1csc2cc(OCc3sc(-c4ccc(C(F)(F)F)cc4)nc3C)ccc12. The number of hydrogen-bond donors (Lipinski definition) is 0. The van der Waals surface area contributed by atoms with E-state index in [-0.39, 0.29) is 12.4 Å². The Labute approximate surface area is 190 Å². The molecule has 32 heavy (non-hydrogen) atoms. The van der Waals surface area contributed by atoms with Crippen LogP contribution in [0.2, 0.25) is 0 Å². The van der Waals surface area contributed by atoms with Crippen LogP contribution >= 0.6 is 22.7 Å². The lowest BCUT2D eigenvalue weighted by atomic mass is 10.1. The lowest BCUT2D eigenvalue weighted by Crippen LogP contribution is -2.03. The molecule has 0 unspecified atom stereocenters. The molecule has 0 atom stereocenters. The van der Waals surface area contributed by atoms with E-state index >= 15 is 0 Å². The van der Waals surface area contributed by atoms with Crippen molar-refractivity contribution in [2.24, 2.45) is 0 Å². The fourth-order valence-electron chi connectivity index (χ4n) is 3.15. The number of thiazole rings is 1. The van der Waals surface area contributed by atoms with E-state index in [9.17, 15) is 18.0 Å². The second-order valence-corrected chi connectivity index (χ2v) is 9.06. The van der Waals surface area contributed by atoms with E-state index in [0.29, 0.717) is 22.9 Å². The van der Waals surface area contributed by atoms with Gasteiger partial charge in [0, 0.05) is 10.3 Å². The van der Waals surface area contributed by atoms with Gasteiger partial charge in [0.2, 0.25) is 0 Å². The molecule has 4 nitrogen and oxygen atoms in total. The number of aromatic nitrogens is 1. The van der Waals surface area contributed by atoms with Gasteiger partial charge in [0.15, 0.2) is 0 Å². The average molecular weight is 478 g/mol. The molecule has 0 fully saturated rings. The molecule has 0 aliphatic rings. The lowest BCUT2D eigenvalue weighted by molar-refractivity contribution is -0.140. The molecule has 0 spiro atoms. The Morgan fingerprint density at radius 2 is 1.88 bits per heavy atom. The Hall–Kier alpha value is -2.91. The van der Waals surface area contributed by atoms with Gasteiger partial charge in [0.1, 0.15) is 17.4 Å². The van der Waals surface area contributed by atoms with Gasteiger partial charge in [-0.25, -0.2) is 4.98 Å². The molecule has 2 aromatic heterocycles. The number of aryl methyl sites for hydroxylation is 1. The number of halogens is 3. The molecule has 0 radical (unpaired) electrons. The van der Waals surface area contributed by atoms with Gasteiger partial charge in [-0.2, -0.15) is 13.2 Å². The predicted molar refractivity (Wildman–Crippen MR) is 119 cm³/mol. The standard InChI is InChI=1S/C23H18F3NO3S2/c1-13-20(32-22(27-13)14-3-5-16(6-4-14)23(24,25)26)11-30-17-7-8-18-15(9-21(28)29-2)12-31-19(18)10-17/h3-8,10,12H,9,11H2,1-2H3. The molecular weight excluding hydrogens is 459 g/mol. The summed E-state index contributed by atoms with van der Waals surface area (Å²) in [6.07, 6.45) is -4.14. The first-order valence-electron chi connectivity index (χ1n) is 9.58. The summed E-state index contributed by atoms with van der Waals surface area (Å²) < 4.78 is 50.0. The number of carbonyl (C=O) groups excluding carboxylic acids is 1. The molecule has 2 aromatic carbocycles. The number of benzene rings is 2. The van der Waals surface area contributed by atoms with Gasteiger partial charge in [-0.3, -0.25) is 4.79 Å². The highest BCUT2D eigenvalue weighted by atomic mass is 32.1. The zero-order valence-corrected chi connectivity index (χ0v) is 18.8. The fourth-order valence-corrected chi connectivity index (χ4v) is 5.12. The van der Waals surface area contributed by atoms with Crippen molar-refractivity contribution in [2.45, 2.75) is 26.1 Å². The van der Waals surface area contributed by atoms with E-state index in [1.54, 1.807) is 0 Å². The van der Waals surface area contributed by atoms with Crippen LogP contribution < -0.4 is 4.74 Å². The number of rotatable bonds is 6. The summed E-state index contributed by atoms with van der Waals surface area (Å²) >= 11 is 2.93. The number of nitrogens with zero attached hydrogens (tertiary/aromatic N) is 1. The number of alkyl halides is 3. The van der Waals surface area contributed by atoms with Crippen molar-refractivity contribution in [3.8, 4) is 16.3 Å². The molecule has 0 amide bonds. The van der Waals surface area contributed by atoms with Crippen LogP contribution in [0.15, 0.2) is 47.8 Å². The van der Waals surface area contributed by atoms with Crippen molar-refractivity contribution < 1.29 is 27.4 Å². The smallest absolute Gasteiger partial charge is 0.416 e. The summed E-state index contributed by atoms with van der Waals surface area (Å²) in [5, 5.41) is 3.58. The van der Waals surface area contributed by atoms with Crippen LogP contribution in [0.25, 0.3) is 20.7 Å². The third-order valence-electron chi connectivity index (χ3n) is 4.91. The van der Waals surface area contributed by atoms with E-state index in [2.05, 4.69) is 4.98 Å². The van der Waals surface area contributed by atoms with Crippen LogP contribution in [0.3, 0.4) is 0 Å². The number of esters is 1. The maximum atomic E-state index is 12.8. The molecule has 4 aromatic rings. The number of hydrogen-bond acceptors (Lipinski definition) is 6. The Balaban J connectivity index is 1.47. The Bertz CT molecular complexity index is 1260. The van der Waals surface area contributed by atoms with E-state index in [0.717, 1.165) is 38.4 Å². The molecule has 0 aliphatic heterocycles. The van der Waals surface area contributed by atoms with Gasteiger partial charge in [-0.15, -0.1) is 22.7 Å². The number of thiophene rings is 1. The first-order chi connectivity index (χ1) is 15.2. The number of fused-ring (bicyclic) bond motifs is 1. The van der Waals surface area contributed by atoms with E-state index in [1.165, 1.54) is 41.9 Å². The Morgan fingerprint density at radius 3 is 2.56 bits per heavy atom. The molecule has 9 heteroatoms. The van der Waals surface area contributed by atoms with Crippen LogP contribution in [-0.4, -0.2) is 18.1 Å². The highest BCUT2D eigenvalue weighted by Gasteiger charge is 2.30. The van der Waals surface area contributed by atoms with E-state index in [1.807, 2.05) is 30.5 Å². The highest BCUT2D eigenvalue weighted by molar-refractivity contribution is 7.17. The van der Waals surface area contributed by atoms with E-state index in [4.69, 9.17) is 9.47 Å². The first-order valence-corrected chi connectivity index (χ1v) is 11.3. The van der Waals surface area contributed by atoms with Crippen molar-refractivity contribution in [1.29, 1.82) is 0 Å². The fraction of sp³-hybridized carbons (Fsp3) is 0.217. The molecule has 0 N–H and O–H groups in total. The molecule has 166 valence electrons. The molecule has 0 saturated heterocycles. The number of methoxy groups -OCH3 is 1. The van der Waals surface area contributed by atoms with Gasteiger partial charge in [-0.05, 0) is 53.6 Å². The second-order valence-electron chi connectivity index (χ2n) is 7.06. The zero-order chi connectivity index (χ0) is 22.9. The summed E-state index contributed by atoms with van der Waals surface area (Å²) in [5.41, 5.74) is 1.65. The molecule has 0 aliphatic carbocycles. The van der Waals surface area contributed by atoms with Gasteiger partial charge >= 0.3 is 12.1 Å². The van der Waals surface area contributed by atoms with Crippen molar-refractivity contribution >= 4 is 38.7 Å². The van der Waals surface area contributed by atoms with Crippen molar-refractivity contribution in [3.63, 3.8) is 0 Å². The van der Waals surface area contributed by atoms with Gasteiger partial charge in [0.05, 0.1) is 29.7 Å². The summed E-state index contributed by atoms with van der Waals surface area (Å²) in [7, 11) is 1.37. The van der Waals surface area contributed by atoms with E-state index < -0.39 is 11.7 Å². The molecular formula is C23H18F3NO3S2. The minimum absolute atomic E-state index is 0.226. The van der Waals surface area contributed by atoms with Crippen LogP contribution in [0.4, 0.5) is 13.2 Å². The maximum Gasteiger partial charge on any atom is 0.416 e. The van der Waals surface area contributed by atoms with Crippen LogP contribution in [0.5, 0.6) is 5.75 Å². The molecule has 0 saturated carbocycles. The Kier molecular flexibility index (Phi) is 6.21. The van der Waals surface area contributed by atoms with Gasteiger partial charge in [0.25, 0.3) is 0 Å². The van der Waals surface area contributed by atoms with Crippen molar-refractivity contribution in [3.05, 3.63) is 69.5 Å². The summed E-state index contributed by atoms with van der Waals surface area (Å²) in [4.78, 5) is 16.9. The minimum Gasteiger partial charge on any atom is -0.488 e. The average Bonchev–Trinajstić information content (AvgIpc) is 3.34. The third kappa shape index (κ3) is 4.78. The van der Waals surface area contributed by atoms with Crippen molar-refractivity contribution in [2.75, 3.05) is 7.11 Å². The predicted octanol–water partition coefficient (Wildman–Crippen LogP) is 6.65. The quantitative estimate of drug-likeness (QED) is 0.292. The third-order valence-corrected chi connectivity index (χ3v) is 7.09. The lowest BCUT2D eigenvalue weighted by Gasteiger charge is -2.06. The second kappa shape index (κ2) is 8.91. The highest BCUT2D eigenvalue weighted by Crippen LogP contribution is 2.34. The topological polar surface area (TPSA) is 48.4 Å². The number of carbonyl (C=O) groups is 1. The van der Waals surface area contributed by atoms with Crippen LogP contribution in [0.1, 0.15) is 21.7 Å². The normalized spacial score (nSPS) is 11.7. The maximum absolute atomic E-state index is 12.8. The zero-order valence-electron chi connectivity index (χ0n) is 17.2. The summed E-state index contributed by atoms with van der Waals surface area (Å²) in [5.74, 6) is 0.405. The van der Waals surface area contributed by atoms with Gasteiger partial charge < -0.3 is 9.47 Å².